The SMILES string of the molecule is Cc1cc(/C=C(/C#N)c2ccc(Cl)cc2)c(C)n1-c1ccc(C(C)(C)C)cc1. The molecule has 0 amide bonds. The number of hydrogen-bond donors (Lipinski definition) is 0. The van der Waals surface area contributed by atoms with Gasteiger partial charge in [-0.1, -0.05) is 56.6 Å². The summed E-state index contributed by atoms with van der Waals surface area (Å²) in [5.41, 5.74) is 7.37. The van der Waals surface area contributed by atoms with E-state index in [9.17, 15) is 5.26 Å². The molecule has 2 aromatic carbocycles. The normalized spacial score (nSPS) is 12.1. The molecule has 0 saturated heterocycles. The van der Waals surface area contributed by atoms with Gasteiger partial charge in [0, 0.05) is 22.1 Å². The van der Waals surface area contributed by atoms with E-state index in [1.54, 1.807) is 0 Å². The summed E-state index contributed by atoms with van der Waals surface area (Å²) in [5.74, 6) is 0. The molecule has 3 aromatic rings. The Kier molecular flexibility index (Phi) is 5.49. The van der Waals surface area contributed by atoms with Crippen molar-refractivity contribution in [2.75, 3.05) is 0 Å². The predicted octanol–water partition coefficient (Wildman–Crippen LogP) is 7.11. The van der Waals surface area contributed by atoms with E-state index in [0.29, 0.717) is 10.6 Å². The van der Waals surface area contributed by atoms with Gasteiger partial charge in [0.2, 0.25) is 0 Å². The second kappa shape index (κ2) is 7.70. The first-order chi connectivity index (χ1) is 13.2. The lowest BCUT2D eigenvalue weighted by Crippen LogP contribution is -2.11. The van der Waals surface area contributed by atoms with Crippen molar-refractivity contribution in [1.82, 2.24) is 4.57 Å². The van der Waals surface area contributed by atoms with E-state index >= 15 is 0 Å². The molecule has 0 aliphatic carbocycles. The van der Waals surface area contributed by atoms with Crippen LogP contribution in [0, 0.1) is 25.2 Å². The van der Waals surface area contributed by atoms with Crippen LogP contribution in [0.3, 0.4) is 0 Å². The molecule has 0 fully saturated rings. The van der Waals surface area contributed by atoms with Gasteiger partial charge in [0.15, 0.2) is 0 Å². The first kappa shape index (κ1) is 20.0. The highest BCUT2D eigenvalue weighted by Crippen LogP contribution is 2.28. The molecule has 0 spiro atoms. The Hall–Kier alpha value is -2.76. The maximum Gasteiger partial charge on any atom is 0.0998 e. The second-order valence-corrected chi connectivity index (χ2v) is 8.57. The fourth-order valence-corrected chi connectivity index (χ4v) is 3.53. The van der Waals surface area contributed by atoms with Crippen LogP contribution >= 0.6 is 11.6 Å². The molecule has 3 rings (SSSR count). The average molecular weight is 389 g/mol. The zero-order valence-electron chi connectivity index (χ0n) is 17.0. The van der Waals surface area contributed by atoms with Crippen LogP contribution in [-0.2, 0) is 5.41 Å². The molecule has 28 heavy (non-hydrogen) atoms. The maximum absolute atomic E-state index is 9.64. The number of hydrogen-bond acceptors (Lipinski definition) is 1. The summed E-state index contributed by atoms with van der Waals surface area (Å²) in [5, 5.41) is 10.3. The lowest BCUT2D eigenvalue weighted by molar-refractivity contribution is 0.590. The van der Waals surface area contributed by atoms with Gasteiger partial charge in [-0.05, 0) is 72.4 Å². The topological polar surface area (TPSA) is 28.7 Å². The minimum absolute atomic E-state index is 0.132. The third kappa shape index (κ3) is 4.06. The third-order valence-corrected chi connectivity index (χ3v) is 5.29. The number of rotatable bonds is 3. The lowest BCUT2D eigenvalue weighted by atomic mass is 9.87. The Morgan fingerprint density at radius 2 is 1.61 bits per heavy atom. The molecule has 0 aliphatic heterocycles. The quantitative estimate of drug-likeness (QED) is 0.439. The number of nitrogens with zero attached hydrogens (tertiary/aromatic N) is 2. The smallest absolute Gasteiger partial charge is 0.0998 e. The number of aryl methyl sites for hydroxylation is 1. The van der Waals surface area contributed by atoms with E-state index < -0.39 is 0 Å². The van der Waals surface area contributed by atoms with Crippen molar-refractivity contribution < 1.29 is 0 Å². The summed E-state index contributed by atoms with van der Waals surface area (Å²) >= 11 is 5.97. The van der Waals surface area contributed by atoms with Crippen molar-refractivity contribution >= 4 is 23.3 Å². The molecule has 1 heterocycles. The molecule has 0 saturated carbocycles. The van der Waals surface area contributed by atoms with E-state index in [1.807, 2.05) is 30.3 Å². The fraction of sp³-hybridized carbons (Fsp3) is 0.240. The molecular weight excluding hydrogens is 364 g/mol. The minimum Gasteiger partial charge on any atom is -0.318 e. The molecule has 142 valence electrons. The van der Waals surface area contributed by atoms with Gasteiger partial charge in [0.1, 0.15) is 0 Å². The Morgan fingerprint density at radius 3 is 2.14 bits per heavy atom. The molecule has 0 radical (unpaired) electrons. The van der Waals surface area contributed by atoms with Gasteiger partial charge >= 0.3 is 0 Å². The first-order valence-electron chi connectivity index (χ1n) is 9.38. The lowest BCUT2D eigenvalue weighted by Gasteiger charge is -2.20. The van der Waals surface area contributed by atoms with E-state index in [-0.39, 0.29) is 5.41 Å². The van der Waals surface area contributed by atoms with Gasteiger partial charge < -0.3 is 4.57 Å². The van der Waals surface area contributed by atoms with Gasteiger partial charge in [-0.15, -0.1) is 0 Å². The van der Waals surface area contributed by atoms with Crippen LogP contribution in [0.4, 0.5) is 0 Å². The molecular formula is C25H25ClN2. The molecule has 0 N–H and O–H groups in total. The van der Waals surface area contributed by atoms with Crippen LogP contribution in [0.2, 0.25) is 5.02 Å². The summed E-state index contributed by atoms with van der Waals surface area (Å²) in [6.07, 6.45) is 1.95. The van der Waals surface area contributed by atoms with Gasteiger partial charge in [-0.25, -0.2) is 0 Å². The standard InChI is InChI=1S/C25H25ClN2/c1-17-14-20(15-21(16-27)19-6-10-23(26)11-7-19)18(2)28(17)24-12-8-22(9-13-24)25(3,4)5/h6-15H,1-5H3/b21-15-. The van der Waals surface area contributed by atoms with E-state index in [2.05, 4.69) is 75.6 Å². The largest absolute Gasteiger partial charge is 0.318 e. The van der Waals surface area contributed by atoms with E-state index in [4.69, 9.17) is 11.6 Å². The second-order valence-electron chi connectivity index (χ2n) is 8.14. The molecule has 0 aliphatic rings. The van der Waals surface area contributed by atoms with Crippen molar-refractivity contribution in [3.05, 3.63) is 87.7 Å². The number of allylic oxidation sites excluding steroid dienone is 1. The molecule has 2 nitrogen and oxygen atoms in total. The van der Waals surface area contributed by atoms with Crippen molar-refractivity contribution in [2.24, 2.45) is 0 Å². The molecule has 0 unspecified atom stereocenters. The molecule has 0 atom stereocenters. The van der Waals surface area contributed by atoms with Crippen LogP contribution in [0.1, 0.15) is 48.8 Å². The van der Waals surface area contributed by atoms with E-state index in [1.165, 1.54) is 5.56 Å². The highest BCUT2D eigenvalue weighted by atomic mass is 35.5. The van der Waals surface area contributed by atoms with E-state index in [0.717, 1.165) is 28.2 Å². The zero-order valence-corrected chi connectivity index (χ0v) is 17.8. The van der Waals surface area contributed by atoms with Crippen LogP contribution in [0.5, 0.6) is 0 Å². The van der Waals surface area contributed by atoms with Crippen molar-refractivity contribution in [3.63, 3.8) is 0 Å². The molecule has 3 heteroatoms. The van der Waals surface area contributed by atoms with Gasteiger partial charge in [-0.3, -0.25) is 0 Å². The Bertz CT molecular complexity index is 1050. The van der Waals surface area contributed by atoms with Crippen LogP contribution in [-0.4, -0.2) is 4.57 Å². The Balaban J connectivity index is 2.02. The Labute approximate surface area is 172 Å². The van der Waals surface area contributed by atoms with Gasteiger partial charge in [0.05, 0.1) is 11.6 Å². The minimum atomic E-state index is 0.132. The summed E-state index contributed by atoms with van der Waals surface area (Å²) < 4.78 is 2.23. The van der Waals surface area contributed by atoms with Crippen molar-refractivity contribution in [3.8, 4) is 11.8 Å². The summed E-state index contributed by atoms with van der Waals surface area (Å²) in [6, 6.07) is 20.5. The van der Waals surface area contributed by atoms with Crippen LogP contribution in [0.15, 0.2) is 54.6 Å². The van der Waals surface area contributed by atoms with Gasteiger partial charge in [-0.2, -0.15) is 5.26 Å². The fourth-order valence-electron chi connectivity index (χ4n) is 3.41. The molecule has 0 bridgehead atoms. The average Bonchev–Trinajstić information content (AvgIpc) is 2.93. The third-order valence-electron chi connectivity index (χ3n) is 5.04. The summed E-state index contributed by atoms with van der Waals surface area (Å²) in [6.45, 7) is 10.8. The predicted molar refractivity (Wildman–Crippen MR) is 119 cm³/mol. The van der Waals surface area contributed by atoms with Crippen molar-refractivity contribution in [2.45, 2.75) is 40.0 Å². The Morgan fingerprint density at radius 1 is 1.00 bits per heavy atom. The number of halogens is 1. The highest BCUT2D eigenvalue weighted by Gasteiger charge is 2.15. The summed E-state index contributed by atoms with van der Waals surface area (Å²) in [4.78, 5) is 0. The van der Waals surface area contributed by atoms with Crippen LogP contribution in [0.25, 0.3) is 17.3 Å². The van der Waals surface area contributed by atoms with Crippen LogP contribution < -0.4 is 0 Å². The first-order valence-corrected chi connectivity index (χ1v) is 9.76. The van der Waals surface area contributed by atoms with Crippen molar-refractivity contribution in [1.29, 1.82) is 5.26 Å². The zero-order chi connectivity index (χ0) is 20.5. The number of aromatic nitrogens is 1. The summed E-state index contributed by atoms with van der Waals surface area (Å²) in [7, 11) is 0. The van der Waals surface area contributed by atoms with Gasteiger partial charge in [0.25, 0.3) is 0 Å². The highest BCUT2D eigenvalue weighted by molar-refractivity contribution is 6.30. The molecule has 1 aromatic heterocycles. The number of benzene rings is 2. The number of nitriles is 1. The maximum atomic E-state index is 9.64. The monoisotopic (exact) mass is 388 g/mol.